The van der Waals surface area contributed by atoms with Crippen molar-refractivity contribution in [2.45, 2.75) is 4.90 Å². The highest BCUT2D eigenvalue weighted by atomic mass is 32.2. The molecule has 0 aliphatic heterocycles. The van der Waals surface area contributed by atoms with Crippen LogP contribution >= 0.6 is 11.3 Å². The third-order valence-electron chi connectivity index (χ3n) is 4.34. The zero-order valence-electron chi connectivity index (χ0n) is 15.3. The number of thiophene rings is 1. The van der Waals surface area contributed by atoms with Gasteiger partial charge in [-0.05, 0) is 47.8 Å². The Hall–Kier alpha value is -3.23. The van der Waals surface area contributed by atoms with Crippen LogP contribution < -0.4 is 9.04 Å². The van der Waals surface area contributed by atoms with E-state index >= 15 is 0 Å². The van der Waals surface area contributed by atoms with E-state index < -0.39 is 15.9 Å². The Labute approximate surface area is 172 Å². The molecular formula is C21H16N2O4S2. The third kappa shape index (κ3) is 3.48. The molecule has 0 spiro atoms. The average Bonchev–Trinajstić information content (AvgIpc) is 3.29. The number of methoxy groups -OCH3 is 1. The van der Waals surface area contributed by atoms with Gasteiger partial charge in [0.05, 0.1) is 23.2 Å². The van der Waals surface area contributed by atoms with Crippen LogP contribution in [0.4, 0.5) is 5.69 Å². The molecule has 0 aliphatic carbocycles. The van der Waals surface area contributed by atoms with Crippen molar-refractivity contribution in [1.82, 2.24) is 4.98 Å². The van der Waals surface area contributed by atoms with Gasteiger partial charge in [0.15, 0.2) is 0 Å². The molecule has 6 nitrogen and oxygen atoms in total. The molecule has 0 unspecified atom stereocenters. The van der Waals surface area contributed by atoms with Crippen LogP contribution in [0.1, 0.15) is 9.67 Å². The summed E-state index contributed by atoms with van der Waals surface area (Å²) in [7, 11) is -2.72. The second kappa shape index (κ2) is 7.65. The first kappa shape index (κ1) is 19.1. The molecule has 8 heteroatoms. The van der Waals surface area contributed by atoms with E-state index in [1.54, 1.807) is 66.0 Å². The molecule has 2 aromatic heterocycles. The largest absolute Gasteiger partial charge is 0.497 e. The van der Waals surface area contributed by atoms with E-state index in [1.807, 2.05) is 0 Å². The number of carbonyl (C=O) groups excluding carboxylic acids is 1. The maximum Gasteiger partial charge on any atom is 0.282 e. The van der Waals surface area contributed by atoms with E-state index in [0.29, 0.717) is 21.5 Å². The number of carbonyl (C=O) groups is 1. The third-order valence-corrected chi connectivity index (χ3v) is 6.94. The zero-order chi connectivity index (χ0) is 20.4. The monoisotopic (exact) mass is 424 g/mol. The number of hydrogen-bond donors (Lipinski definition) is 0. The molecule has 29 heavy (non-hydrogen) atoms. The number of ether oxygens (including phenoxy) is 1. The Morgan fingerprint density at radius 3 is 2.45 bits per heavy atom. The van der Waals surface area contributed by atoms with Crippen LogP contribution in [0.2, 0.25) is 0 Å². The molecule has 0 atom stereocenters. The lowest BCUT2D eigenvalue weighted by Crippen LogP contribution is -2.36. The summed E-state index contributed by atoms with van der Waals surface area (Å²) in [5.74, 6) is -0.0698. The van der Waals surface area contributed by atoms with Crippen molar-refractivity contribution >= 4 is 43.9 Å². The van der Waals surface area contributed by atoms with Crippen molar-refractivity contribution < 1.29 is 17.9 Å². The summed E-state index contributed by atoms with van der Waals surface area (Å²) >= 11 is 1.18. The van der Waals surface area contributed by atoms with Gasteiger partial charge in [-0.2, -0.15) is 4.31 Å². The highest BCUT2D eigenvalue weighted by molar-refractivity contribution is 7.93. The molecule has 146 valence electrons. The van der Waals surface area contributed by atoms with E-state index in [9.17, 15) is 13.2 Å². The molecule has 4 aromatic rings. The van der Waals surface area contributed by atoms with Crippen LogP contribution in [-0.2, 0) is 10.0 Å². The number of para-hydroxylation sites is 1. The highest BCUT2D eigenvalue weighted by Crippen LogP contribution is 2.31. The quantitative estimate of drug-likeness (QED) is 0.476. The molecule has 0 saturated heterocycles. The Morgan fingerprint density at radius 2 is 1.76 bits per heavy atom. The lowest BCUT2D eigenvalue weighted by molar-refractivity contribution is 0.101. The number of nitrogens with zero attached hydrogens (tertiary/aromatic N) is 2. The van der Waals surface area contributed by atoms with Crippen LogP contribution in [0.5, 0.6) is 5.75 Å². The number of rotatable bonds is 5. The fourth-order valence-corrected chi connectivity index (χ4v) is 5.25. The smallest absolute Gasteiger partial charge is 0.282 e. The maximum atomic E-state index is 13.7. The van der Waals surface area contributed by atoms with E-state index in [0.717, 1.165) is 4.31 Å². The van der Waals surface area contributed by atoms with Gasteiger partial charge in [-0.15, -0.1) is 11.3 Å². The molecule has 0 radical (unpaired) electrons. The second-order valence-corrected chi connectivity index (χ2v) is 8.78. The highest BCUT2D eigenvalue weighted by Gasteiger charge is 2.34. The summed E-state index contributed by atoms with van der Waals surface area (Å²) in [6.45, 7) is 0. The first-order valence-electron chi connectivity index (χ1n) is 8.63. The lowest BCUT2D eigenvalue weighted by Gasteiger charge is -2.23. The molecule has 0 N–H and O–H groups in total. The van der Waals surface area contributed by atoms with Gasteiger partial charge in [-0.3, -0.25) is 9.78 Å². The van der Waals surface area contributed by atoms with Gasteiger partial charge in [0.1, 0.15) is 10.6 Å². The number of amides is 1. The molecule has 2 aromatic carbocycles. The van der Waals surface area contributed by atoms with Gasteiger partial charge >= 0.3 is 0 Å². The summed E-state index contributed by atoms with van der Waals surface area (Å²) in [4.78, 5) is 17.7. The summed E-state index contributed by atoms with van der Waals surface area (Å²) in [5.41, 5.74) is 0.532. The summed E-state index contributed by atoms with van der Waals surface area (Å²) in [5, 5.41) is 2.40. The minimum absolute atomic E-state index is 0.0312. The SMILES string of the molecule is COc1ccc(N(C(=O)c2cccs2)S(=O)(=O)c2cccc3cccnc23)cc1. The lowest BCUT2D eigenvalue weighted by atomic mass is 10.2. The fourth-order valence-electron chi connectivity index (χ4n) is 2.97. The Morgan fingerprint density at radius 1 is 1.00 bits per heavy atom. The van der Waals surface area contributed by atoms with Crippen molar-refractivity contribution in [2.75, 3.05) is 11.4 Å². The number of hydrogen-bond acceptors (Lipinski definition) is 6. The van der Waals surface area contributed by atoms with Gasteiger partial charge in [-0.1, -0.05) is 24.3 Å². The predicted molar refractivity (Wildman–Crippen MR) is 113 cm³/mol. The fraction of sp³-hybridized carbons (Fsp3) is 0.0476. The van der Waals surface area contributed by atoms with Crippen LogP contribution in [-0.4, -0.2) is 26.4 Å². The first-order chi connectivity index (χ1) is 14.0. The van der Waals surface area contributed by atoms with Gasteiger partial charge in [0.2, 0.25) is 0 Å². The first-order valence-corrected chi connectivity index (χ1v) is 11.0. The summed E-state index contributed by atoms with van der Waals surface area (Å²) < 4.78 is 33.3. The minimum Gasteiger partial charge on any atom is -0.497 e. The van der Waals surface area contributed by atoms with E-state index in [2.05, 4.69) is 4.98 Å². The Kier molecular flexibility index (Phi) is 5.04. The average molecular weight is 425 g/mol. The van der Waals surface area contributed by atoms with Crippen LogP contribution in [0, 0.1) is 0 Å². The molecule has 1 amide bonds. The predicted octanol–water partition coefficient (Wildman–Crippen LogP) is 4.34. The summed E-state index contributed by atoms with van der Waals surface area (Å²) in [6.07, 6.45) is 1.53. The van der Waals surface area contributed by atoms with E-state index in [4.69, 9.17) is 4.74 Å². The topological polar surface area (TPSA) is 76.6 Å². The van der Waals surface area contributed by atoms with Crippen molar-refractivity contribution in [3.8, 4) is 5.75 Å². The molecule has 0 fully saturated rings. The van der Waals surface area contributed by atoms with Crippen molar-refractivity contribution in [3.63, 3.8) is 0 Å². The van der Waals surface area contributed by atoms with Crippen molar-refractivity contribution in [1.29, 1.82) is 0 Å². The maximum absolute atomic E-state index is 13.7. The number of aromatic nitrogens is 1. The van der Waals surface area contributed by atoms with Crippen molar-refractivity contribution in [2.24, 2.45) is 0 Å². The number of fused-ring (bicyclic) bond motifs is 1. The van der Waals surface area contributed by atoms with Crippen molar-refractivity contribution in [3.05, 3.63) is 83.2 Å². The van der Waals surface area contributed by atoms with Gasteiger partial charge in [-0.25, -0.2) is 8.42 Å². The number of anilines is 1. The number of benzene rings is 2. The van der Waals surface area contributed by atoms with Crippen LogP contribution in [0.3, 0.4) is 0 Å². The molecule has 4 rings (SSSR count). The number of sulfonamides is 1. The Bertz CT molecular complexity index is 1260. The van der Waals surface area contributed by atoms with E-state index in [1.165, 1.54) is 30.7 Å². The summed E-state index contributed by atoms with van der Waals surface area (Å²) in [6, 6.07) is 18.0. The van der Waals surface area contributed by atoms with Crippen LogP contribution in [0.25, 0.3) is 10.9 Å². The zero-order valence-corrected chi connectivity index (χ0v) is 17.0. The minimum atomic E-state index is -4.24. The molecule has 0 aliphatic rings. The standard InChI is InChI=1S/C21H16N2O4S2/c1-27-17-11-9-16(10-12-17)23(21(24)18-7-4-14-28-18)29(25,26)19-8-2-5-15-6-3-13-22-20(15)19/h2-14H,1H3. The van der Waals surface area contributed by atoms with E-state index in [-0.39, 0.29) is 10.6 Å². The number of pyridine rings is 1. The second-order valence-electron chi connectivity index (χ2n) is 6.08. The van der Waals surface area contributed by atoms with Crippen LogP contribution in [0.15, 0.2) is 83.2 Å². The molecule has 2 heterocycles. The molecule has 0 saturated carbocycles. The molecule has 0 bridgehead atoms. The Balaban J connectivity index is 1.92. The van der Waals surface area contributed by atoms with Gasteiger partial charge in [0, 0.05) is 11.6 Å². The van der Waals surface area contributed by atoms with Gasteiger partial charge in [0.25, 0.3) is 15.9 Å². The normalized spacial score (nSPS) is 11.3. The van der Waals surface area contributed by atoms with Gasteiger partial charge < -0.3 is 4.74 Å². The molecular weight excluding hydrogens is 408 g/mol.